The van der Waals surface area contributed by atoms with Crippen molar-refractivity contribution >= 4 is 23.2 Å². The molecule has 28 heavy (non-hydrogen) atoms. The average molecular weight is 382 g/mol. The Bertz CT molecular complexity index is 900. The Hall–Kier alpha value is -3.02. The average Bonchev–Trinajstić information content (AvgIpc) is 3.02. The third kappa shape index (κ3) is 3.81. The van der Waals surface area contributed by atoms with Crippen LogP contribution < -0.4 is 19.7 Å². The lowest BCUT2D eigenvalue weighted by Crippen LogP contribution is -2.29. The molecule has 1 aliphatic heterocycles. The number of benzene rings is 2. The highest BCUT2D eigenvalue weighted by Gasteiger charge is 2.36. The number of anilines is 2. The second-order valence-electron chi connectivity index (χ2n) is 7.21. The molecule has 0 aliphatic carbocycles. The van der Waals surface area contributed by atoms with Crippen LogP contribution in [0.25, 0.3) is 0 Å². The predicted octanol–water partition coefficient (Wildman–Crippen LogP) is 3.62. The van der Waals surface area contributed by atoms with E-state index in [1.54, 1.807) is 37.3 Å². The lowest BCUT2D eigenvalue weighted by Gasteiger charge is -2.22. The van der Waals surface area contributed by atoms with Crippen molar-refractivity contribution in [3.05, 3.63) is 47.0 Å². The normalized spacial score (nSPS) is 16.2. The minimum Gasteiger partial charge on any atom is -0.493 e. The third-order valence-electron chi connectivity index (χ3n) is 5.05. The van der Waals surface area contributed by atoms with Crippen LogP contribution in [0.15, 0.2) is 30.3 Å². The van der Waals surface area contributed by atoms with Crippen molar-refractivity contribution in [2.45, 2.75) is 27.2 Å². The fraction of sp³-hybridized carbons (Fsp3) is 0.364. The minimum absolute atomic E-state index is 0.0254. The molecule has 1 saturated heterocycles. The van der Waals surface area contributed by atoms with E-state index in [0.717, 1.165) is 22.4 Å². The molecule has 1 unspecified atom stereocenters. The molecule has 2 aromatic carbocycles. The highest BCUT2D eigenvalue weighted by atomic mass is 16.5. The van der Waals surface area contributed by atoms with Crippen molar-refractivity contribution in [1.82, 2.24) is 0 Å². The van der Waals surface area contributed by atoms with Gasteiger partial charge in [0.2, 0.25) is 11.8 Å². The number of aryl methyl sites for hydroxylation is 3. The minimum atomic E-state index is -0.402. The van der Waals surface area contributed by atoms with Crippen molar-refractivity contribution in [2.75, 3.05) is 31.0 Å². The zero-order valence-electron chi connectivity index (χ0n) is 17.0. The van der Waals surface area contributed by atoms with E-state index in [4.69, 9.17) is 9.47 Å². The van der Waals surface area contributed by atoms with Gasteiger partial charge in [-0.2, -0.15) is 0 Å². The van der Waals surface area contributed by atoms with E-state index in [1.807, 2.05) is 20.8 Å². The number of methoxy groups -OCH3 is 2. The van der Waals surface area contributed by atoms with Gasteiger partial charge in [0.1, 0.15) is 0 Å². The molecule has 6 heteroatoms. The van der Waals surface area contributed by atoms with Gasteiger partial charge in [-0.1, -0.05) is 17.7 Å². The smallest absolute Gasteiger partial charge is 0.229 e. The van der Waals surface area contributed by atoms with Crippen LogP contribution in [0.3, 0.4) is 0 Å². The van der Waals surface area contributed by atoms with Gasteiger partial charge in [0.25, 0.3) is 0 Å². The van der Waals surface area contributed by atoms with Gasteiger partial charge in [0.15, 0.2) is 11.5 Å². The van der Waals surface area contributed by atoms with Crippen LogP contribution in [0.5, 0.6) is 11.5 Å². The number of hydrogen-bond donors (Lipinski definition) is 1. The fourth-order valence-corrected chi connectivity index (χ4v) is 3.86. The first-order valence-corrected chi connectivity index (χ1v) is 9.25. The molecule has 1 N–H and O–H groups in total. The monoisotopic (exact) mass is 382 g/mol. The quantitative estimate of drug-likeness (QED) is 0.858. The summed E-state index contributed by atoms with van der Waals surface area (Å²) in [6, 6.07) is 9.32. The largest absolute Gasteiger partial charge is 0.493 e. The number of nitrogens with zero attached hydrogens (tertiary/aromatic N) is 1. The molecule has 2 aromatic rings. The Morgan fingerprint density at radius 1 is 1.04 bits per heavy atom. The summed E-state index contributed by atoms with van der Waals surface area (Å²) >= 11 is 0. The van der Waals surface area contributed by atoms with Crippen LogP contribution in [-0.2, 0) is 9.59 Å². The third-order valence-corrected chi connectivity index (χ3v) is 5.05. The summed E-state index contributed by atoms with van der Waals surface area (Å²) in [5, 5.41) is 2.89. The topological polar surface area (TPSA) is 67.9 Å². The van der Waals surface area contributed by atoms with E-state index in [1.165, 1.54) is 0 Å². The molecule has 0 spiro atoms. The number of nitrogens with one attached hydrogen (secondary N) is 1. The summed E-state index contributed by atoms with van der Waals surface area (Å²) in [5.41, 5.74) is 4.78. The summed E-state index contributed by atoms with van der Waals surface area (Å²) in [6.45, 7) is 6.41. The SMILES string of the molecule is COc1ccc(NC(=O)C2CC(=O)N(c3c(C)cc(C)cc3C)C2)cc1OC. The standard InChI is InChI=1S/C22H26N2O4/c1-13-8-14(2)21(15(3)9-13)24-12-16(10-20(24)25)22(26)23-17-6-7-18(27-4)19(11-17)28-5/h6-9,11,16H,10,12H2,1-5H3,(H,23,26). The Morgan fingerprint density at radius 2 is 1.68 bits per heavy atom. The lowest BCUT2D eigenvalue weighted by atomic mass is 10.0. The lowest BCUT2D eigenvalue weighted by molar-refractivity contribution is -0.122. The molecule has 0 saturated carbocycles. The molecule has 0 aromatic heterocycles. The first-order chi connectivity index (χ1) is 13.3. The van der Waals surface area contributed by atoms with E-state index in [2.05, 4.69) is 17.4 Å². The highest BCUT2D eigenvalue weighted by Crippen LogP contribution is 2.33. The van der Waals surface area contributed by atoms with Crippen LogP contribution in [-0.4, -0.2) is 32.6 Å². The molecular formula is C22H26N2O4. The molecule has 1 fully saturated rings. The number of amides is 2. The maximum atomic E-state index is 12.8. The maximum Gasteiger partial charge on any atom is 0.229 e. The molecule has 1 atom stereocenters. The Balaban J connectivity index is 1.76. The van der Waals surface area contributed by atoms with Crippen LogP contribution in [0, 0.1) is 26.7 Å². The van der Waals surface area contributed by atoms with Crippen LogP contribution in [0.1, 0.15) is 23.1 Å². The second-order valence-corrected chi connectivity index (χ2v) is 7.21. The molecule has 148 valence electrons. The number of ether oxygens (including phenoxy) is 2. The van der Waals surface area contributed by atoms with Gasteiger partial charge in [-0.25, -0.2) is 0 Å². The van der Waals surface area contributed by atoms with E-state index >= 15 is 0 Å². The van der Waals surface area contributed by atoms with E-state index < -0.39 is 5.92 Å². The van der Waals surface area contributed by atoms with Crippen molar-refractivity contribution in [1.29, 1.82) is 0 Å². The highest BCUT2D eigenvalue weighted by molar-refractivity contribution is 6.04. The molecule has 0 radical (unpaired) electrons. The first kappa shape index (κ1) is 19.7. The number of carbonyl (C=O) groups excluding carboxylic acids is 2. The molecule has 1 heterocycles. The van der Waals surface area contributed by atoms with Gasteiger partial charge < -0.3 is 19.7 Å². The number of carbonyl (C=O) groups is 2. The summed E-state index contributed by atoms with van der Waals surface area (Å²) in [7, 11) is 3.10. The van der Waals surface area contributed by atoms with Crippen molar-refractivity contribution in [2.24, 2.45) is 5.92 Å². The van der Waals surface area contributed by atoms with E-state index in [0.29, 0.717) is 23.7 Å². The van der Waals surface area contributed by atoms with Gasteiger partial charge in [-0.15, -0.1) is 0 Å². The van der Waals surface area contributed by atoms with Gasteiger partial charge in [-0.05, 0) is 44.0 Å². The summed E-state index contributed by atoms with van der Waals surface area (Å²) in [6.07, 6.45) is 0.200. The predicted molar refractivity (Wildman–Crippen MR) is 109 cm³/mol. The first-order valence-electron chi connectivity index (χ1n) is 9.25. The Morgan fingerprint density at radius 3 is 2.29 bits per heavy atom. The van der Waals surface area contributed by atoms with Gasteiger partial charge in [0, 0.05) is 30.4 Å². The van der Waals surface area contributed by atoms with Crippen molar-refractivity contribution < 1.29 is 19.1 Å². The van der Waals surface area contributed by atoms with E-state index in [9.17, 15) is 9.59 Å². The molecule has 3 rings (SSSR count). The second kappa shape index (κ2) is 7.92. The van der Waals surface area contributed by atoms with Crippen molar-refractivity contribution in [3.63, 3.8) is 0 Å². The zero-order chi connectivity index (χ0) is 20.4. The molecule has 6 nitrogen and oxygen atoms in total. The Kier molecular flexibility index (Phi) is 5.58. The van der Waals surface area contributed by atoms with Gasteiger partial charge in [0.05, 0.1) is 20.1 Å². The molecule has 1 aliphatic rings. The maximum absolute atomic E-state index is 12.8. The van der Waals surface area contributed by atoms with Crippen LogP contribution in [0.2, 0.25) is 0 Å². The van der Waals surface area contributed by atoms with Crippen LogP contribution >= 0.6 is 0 Å². The zero-order valence-corrected chi connectivity index (χ0v) is 17.0. The van der Waals surface area contributed by atoms with Crippen molar-refractivity contribution in [3.8, 4) is 11.5 Å². The summed E-state index contributed by atoms with van der Waals surface area (Å²) < 4.78 is 10.5. The fourth-order valence-electron chi connectivity index (χ4n) is 3.86. The summed E-state index contributed by atoms with van der Waals surface area (Å²) in [4.78, 5) is 27.1. The summed E-state index contributed by atoms with van der Waals surface area (Å²) in [5.74, 6) is 0.525. The van der Waals surface area contributed by atoms with Gasteiger partial charge in [-0.3, -0.25) is 9.59 Å². The number of hydrogen-bond acceptors (Lipinski definition) is 4. The van der Waals surface area contributed by atoms with Gasteiger partial charge >= 0.3 is 0 Å². The molecule has 0 bridgehead atoms. The van der Waals surface area contributed by atoms with Crippen LogP contribution in [0.4, 0.5) is 11.4 Å². The molecule has 2 amide bonds. The molecular weight excluding hydrogens is 356 g/mol. The Labute approximate surface area is 165 Å². The van der Waals surface area contributed by atoms with E-state index in [-0.39, 0.29) is 18.2 Å². The number of rotatable bonds is 5.